The summed E-state index contributed by atoms with van der Waals surface area (Å²) in [5, 5.41) is 3.55. The molecular weight excluding hydrogens is 268 g/mol. The molecule has 2 aromatic heterocycles. The summed E-state index contributed by atoms with van der Waals surface area (Å²) in [6, 6.07) is 10.7. The summed E-state index contributed by atoms with van der Waals surface area (Å²) >= 11 is 0. The van der Waals surface area contributed by atoms with Gasteiger partial charge in [0.25, 0.3) is 11.1 Å². The first-order valence-electron chi connectivity index (χ1n) is 6.74. The summed E-state index contributed by atoms with van der Waals surface area (Å²) in [6.07, 6.45) is 0. The number of hydrogen-bond acceptors (Lipinski definition) is 3. The topological polar surface area (TPSA) is 85.8 Å². The Morgan fingerprint density at radius 2 is 1.90 bits per heavy atom. The van der Waals surface area contributed by atoms with Gasteiger partial charge in [0.15, 0.2) is 0 Å². The second-order valence-electron chi connectivity index (χ2n) is 4.92. The Balaban J connectivity index is 2.39. The number of para-hydroxylation sites is 1. The van der Waals surface area contributed by atoms with E-state index in [4.69, 9.17) is 5.73 Å². The second-order valence-corrected chi connectivity index (χ2v) is 4.92. The van der Waals surface area contributed by atoms with Crippen molar-refractivity contribution in [2.45, 2.75) is 13.5 Å². The third-order valence-corrected chi connectivity index (χ3v) is 3.51. The number of fused-ring (bicyclic) bond motifs is 1. The minimum Gasteiger partial charge on any atom is -0.329 e. The van der Waals surface area contributed by atoms with Crippen LogP contribution in [0.25, 0.3) is 16.7 Å². The molecule has 2 heterocycles. The van der Waals surface area contributed by atoms with Crippen LogP contribution in [0.3, 0.4) is 0 Å². The number of H-pyrrole nitrogens is 1. The van der Waals surface area contributed by atoms with Gasteiger partial charge in [0, 0.05) is 19.2 Å². The Morgan fingerprint density at radius 3 is 2.57 bits per heavy atom. The predicted octanol–water partition coefficient (Wildman–Crippen LogP) is 0.748. The lowest BCUT2D eigenvalue weighted by molar-refractivity contribution is 0.692. The predicted molar refractivity (Wildman–Crippen MR) is 81.9 cm³/mol. The van der Waals surface area contributed by atoms with Crippen molar-refractivity contribution in [3.8, 4) is 5.69 Å². The molecule has 0 unspecified atom stereocenters. The Labute approximate surface area is 120 Å². The fourth-order valence-corrected chi connectivity index (χ4v) is 2.53. The van der Waals surface area contributed by atoms with Crippen molar-refractivity contribution in [2.75, 3.05) is 6.54 Å². The van der Waals surface area contributed by atoms with Crippen LogP contribution in [-0.2, 0) is 6.54 Å². The van der Waals surface area contributed by atoms with Crippen LogP contribution in [0.4, 0.5) is 0 Å². The van der Waals surface area contributed by atoms with Crippen molar-refractivity contribution in [3.05, 3.63) is 62.7 Å². The van der Waals surface area contributed by atoms with Crippen molar-refractivity contribution in [1.82, 2.24) is 14.3 Å². The van der Waals surface area contributed by atoms with Gasteiger partial charge < -0.3 is 5.73 Å². The molecule has 6 nitrogen and oxygen atoms in total. The van der Waals surface area contributed by atoms with Crippen molar-refractivity contribution >= 4 is 11.0 Å². The molecule has 1 aromatic carbocycles. The van der Waals surface area contributed by atoms with E-state index in [2.05, 4.69) is 5.10 Å². The quantitative estimate of drug-likeness (QED) is 0.744. The SMILES string of the molecule is Cc1cc(=O)n(CCN)c2[nH]n(-c3ccccc3)c(=O)c12. The fourth-order valence-electron chi connectivity index (χ4n) is 2.53. The number of rotatable bonds is 3. The van der Waals surface area contributed by atoms with Gasteiger partial charge in [0.05, 0.1) is 11.1 Å². The lowest BCUT2D eigenvalue weighted by atomic mass is 10.2. The molecule has 3 aromatic rings. The van der Waals surface area contributed by atoms with Crippen LogP contribution in [-0.4, -0.2) is 20.9 Å². The number of aryl methyl sites for hydroxylation is 1. The highest BCUT2D eigenvalue weighted by Crippen LogP contribution is 2.13. The third-order valence-electron chi connectivity index (χ3n) is 3.51. The zero-order valence-electron chi connectivity index (χ0n) is 11.7. The minimum absolute atomic E-state index is 0.160. The number of aromatic nitrogens is 3. The van der Waals surface area contributed by atoms with E-state index in [1.807, 2.05) is 30.3 Å². The first-order valence-corrected chi connectivity index (χ1v) is 6.74. The van der Waals surface area contributed by atoms with Crippen molar-refractivity contribution in [2.24, 2.45) is 5.73 Å². The van der Waals surface area contributed by atoms with Gasteiger partial charge in [-0.2, -0.15) is 0 Å². The molecule has 0 radical (unpaired) electrons. The molecule has 0 aliphatic heterocycles. The molecular formula is C15H16N4O2. The largest absolute Gasteiger partial charge is 0.329 e. The molecule has 3 N–H and O–H groups in total. The zero-order valence-corrected chi connectivity index (χ0v) is 11.7. The average Bonchev–Trinajstić information content (AvgIpc) is 2.82. The fraction of sp³-hybridized carbons (Fsp3) is 0.200. The summed E-state index contributed by atoms with van der Waals surface area (Å²) < 4.78 is 2.95. The van der Waals surface area contributed by atoms with Gasteiger partial charge in [0.2, 0.25) is 0 Å². The molecule has 0 saturated carbocycles. The maximum absolute atomic E-state index is 12.6. The standard InChI is InChI=1S/C15H16N4O2/c1-10-9-12(20)18(8-7-16)14-13(10)15(21)19(17-14)11-5-3-2-4-6-11/h2-6,9,17H,7-8,16H2,1H3. The van der Waals surface area contributed by atoms with E-state index in [1.54, 1.807) is 6.92 Å². The maximum Gasteiger partial charge on any atom is 0.280 e. The molecule has 0 atom stereocenters. The molecule has 108 valence electrons. The van der Waals surface area contributed by atoms with Crippen molar-refractivity contribution in [3.63, 3.8) is 0 Å². The molecule has 0 amide bonds. The van der Waals surface area contributed by atoms with Crippen LogP contribution in [0.15, 0.2) is 46.0 Å². The Morgan fingerprint density at radius 1 is 1.19 bits per heavy atom. The average molecular weight is 284 g/mol. The number of pyridine rings is 1. The highest BCUT2D eigenvalue weighted by molar-refractivity contribution is 5.78. The van der Waals surface area contributed by atoms with Gasteiger partial charge in [-0.25, -0.2) is 4.68 Å². The summed E-state index contributed by atoms with van der Waals surface area (Å²) in [7, 11) is 0. The van der Waals surface area contributed by atoms with Crippen LogP contribution in [0.1, 0.15) is 5.56 Å². The molecule has 21 heavy (non-hydrogen) atoms. The number of nitrogens with zero attached hydrogens (tertiary/aromatic N) is 2. The zero-order chi connectivity index (χ0) is 15.0. The Hall–Kier alpha value is -2.60. The van der Waals surface area contributed by atoms with E-state index in [1.165, 1.54) is 15.3 Å². The van der Waals surface area contributed by atoms with Crippen molar-refractivity contribution < 1.29 is 0 Å². The van der Waals surface area contributed by atoms with Crippen molar-refractivity contribution in [1.29, 1.82) is 0 Å². The van der Waals surface area contributed by atoms with Gasteiger partial charge >= 0.3 is 0 Å². The lowest BCUT2D eigenvalue weighted by Gasteiger charge is -2.06. The number of hydrogen-bond donors (Lipinski definition) is 2. The molecule has 0 aliphatic rings. The summed E-state index contributed by atoms with van der Waals surface area (Å²) in [4.78, 5) is 24.7. The van der Waals surface area contributed by atoms with Gasteiger partial charge in [-0.05, 0) is 24.6 Å². The first kappa shape index (κ1) is 13.4. The van der Waals surface area contributed by atoms with E-state index in [0.717, 1.165) is 5.69 Å². The Kier molecular flexibility index (Phi) is 3.23. The van der Waals surface area contributed by atoms with Crippen LogP contribution < -0.4 is 16.9 Å². The molecule has 3 rings (SSSR count). The monoisotopic (exact) mass is 284 g/mol. The van der Waals surface area contributed by atoms with Gasteiger partial charge in [-0.3, -0.25) is 19.3 Å². The summed E-state index contributed by atoms with van der Waals surface area (Å²) in [5.41, 5.74) is 7.13. The number of aromatic amines is 1. The smallest absolute Gasteiger partial charge is 0.280 e. The van der Waals surface area contributed by atoms with E-state index in [-0.39, 0.29) is 11.1 Å². The third kappa shape index (κ3) is 2.09. The van der Waals surface area contributed by atoms with Gasteiger partial charge in [-0.1, -0.05) is 18.2 Å². The van der Waals surface area contributed by atoms with Gasteiger partial charge in [0.1, 0.15) is 5.65 Å². The summed E-state index contributed by atoms with van der Waals surface area (Å²) in [5.74, 6) is 0. The highest BCUT2D eigenvalue weighted by Gasteiger charge is 2.15. The second kappa shape index (κ2) is 5.06. The van der Waals surface area contributed by atoms with E-state index in [9.17, 15) is 9.59 Å². The Bertz CT molecular complexity index is 903. The first-order chi connectivity index (χ1) is 10.1. The van der Waals surface area contributed by atoms with Crippen LogP contribution >= 0.6 is 0 Å². The maximum atomic E-state index is 12.6. The van der Waals surface area contributed by atoms with E-state index in [0.29, 0.717) is 29.7 Å². The van der Waals surface area contributed by atoms with E-state index < -0.39 is 0 Å². The number of benzene rings is 1. The highest BCUT2D eigenvalue weighted by atomic mass is 16.1. The number of nitrogens with one attached hydrogen (secondary N) is 1. The number of nitrogens with two attached hydrogens (primary N) is 1. The molecule has 0 aliphatic carbocycles. The summed E-state index contributed by atoms with van der Waals surface area (Å²) in [6.45, 7) is 2.46. The molecule has 0 spiro atoms. The molecule has 0 bridgehead atoms. The molecule has 0 saturated heterocycles. The molecule has 6 heteroatoms. The van der Waals surface area contributed by atoms with Crippen LogP contribution in [0, 0.1) is 6.92 Å². The van der Waals surface area contributed by atoms with Gasteiger partial charge in [-0.15, -0.1) is 0 Å². The van der Waals surface area contributed by atoms with Crippen LogP contribution in [0.5, 0.6) is 0 Å². The minimum atomic E-state index is -0.167. The lowest BCUT2D eigenvalue weighted by Crippen LogP contribution is -2.24. The van der Waals surface area contributed by atoms with E-state index >= 15 is 0 Å². The normalized spacial score (nSPS) is 11.1. The molecule has 0 fully saturated rings. The van der Waals surface area contributed by atoms with Crippen LogP contribution in [0.2, 0.25) is 0 Å².